The summed E-state index contributed by atoms with van der Waals surface area (Å²) in [5, 5.41) is 3.41. The molecule has 4 nitrogen and oxygen atoms in total. The number of rotatable bonds is 3. The molecule has 2 heterocycles. The van der Waals surface area contributed by atoms with Crippen molar-refractivity contribution in [1.82, 2.24) is 10.2 Å². The Hall–Kier alpha value is -1.39. The Labute approximate surface area is 120 Å². The summed E-state index contributed by atoms with van der Waals surface area (Å²) in [6, 6.07) is 8.27. The smallest absolute Gasteiger partial charge is 0.241 e. The van der Waals surface area contributed by atoms with Crippen LogP contribution in [-0.2, 0) is 9.53 Å². The predicted octanol–water partition coefficient (Wildman–Crippen LogP) is 1.85. The van der Waals surface area contributed by atoms with Gasteiger partial charge in [0, 0.05) is 19.1 Å². The number of nitrogens with one attached hydrogen (secondary N) is 1. The molecule has 4 heteroatoms. The van der Waals surface area contributed by atoms with Crippen LogP contribution in [-0.4, -0.2) is 36.6 Å². The van der Waals surface area contributed by atoms with Crippen LogP contribution in [0.5, 0.6) is 0 Å². The highest BCUT2D eigenvalue weighted by Crippen LogP contribution is 2.28. The molecule has 2 fully saturated rings. The van der Waals surface area contributed by atoms with E-state index in [0.29, 0.717) is 5.92 Å². The van der Waals surface area contributed by atoms with Gasteiger partial charge >= 0.3 is 0 Å². The largest absolute Gasteiger partial charge is 0.381 e. The van der Waals surface area contributed by atoms with Crippen LogP contribution in [0.4, 0.5) is 0 Å². The van der Waals surface area contributed by atoms with Gasteiger partial charge in [-0.25, -0.2) is 0 Å². The second-order valence-electron chi connectivity index (χ2n) is 5.93. The Bertz CT molecular complexity index is 497. The maximum absolute atomic E-state index is 12.4. The van der Waals surface area contributed by atoms with Crippen molar-refractivity contribution in [2.45, 2.75) is 32.5 Å². The maximum atomic E-state index is 12.4. The van der Waals surface area contributed by atoms with Crippen molar-refractivity contribution in [3.05, 3.63) is 35.4 Å². The third kappa shape index (κ3) is 2.58. The average Bonchev–Trinajstić information content (AvgIpc) is 3.03. The van der Waals surface area contributed by atoms with E-state index in [4.69, 9.17) is 4.74 Å². The highest BCUT2D eigenvalue weighted by atomic mass is 16.5. The van der Waals surface area contributed by atoms with E-state index in [-0.39, 0.29) is 18.1 Å². The highest BCUT2D eigenvalue weighted by Gasteiger charge is 2.38. The lowest BCUT2D eigenvalue weighted by Crippen LogP contribution is -2.35. The molecule has 2 aliphatic heterocycles. The number of carbonyl (C=O) groups is 1. The average molecular weight is 274 g/mol. The Kier molecular flexibility index (Phi) is 3.76. The van der Waals surface area contributed by atoms with Crippen molar-refractivity contribution < 1.29 is 9.53 Å². The van der Waals surface area contributed by atoms with Gasteiger partial charge in [-0.05, 0) is 25.8 Å². The normalized spacial score (nSPS) is 30.2. The van der Waals surface area contributed by atoms with Crippen molar-refractivity contribution in [1.29, 1.82) is 0 Å². The number of nitrogens with zero attached hydrogens (tertiary/aromatic N) is 1. The Morgan fingerprint density at radius 2 is 2.30 bits per heavy atom. The van der Waals surface area contributed by atoms with Gasteiger partial charge in [0.25, 0.3) is 0 Å². The monoisotopic (exact) mass is 274 g/mol. The van der Waals surface area contributed by atoms with Crippen molar-refractivity contribution in [2.75, 3.05) is 19.8 Å². The van der Waals surface area contributed by atoms with Gasteiger partial charge in [-0.3, -0.25) is 10.1 Å². The zero-order chi connectivity index (χ0) is 14.1. The van der Waals surface area contributed by atoms with Crippen LogP contribution in [0.25, 0.3) is 0 Å². The molecular weight excluding hydrogens is 252 g/mol. The fourth-order valence-corrected chi connectivity index (χ4v) is 3.09. The molecule has 3 unspecified atom stereocenters. The summed E-state index contributed by atoms with van der Waals surface area (Å²) in [6.45, 7) is 6.41. The van der Waals surface area contributed by atoms with Crippen LogP contribution in [0.3, 0.4) is 0 Å². The predicted molar refractivity (Wildman–Crippen MR) is 77.2 cm³/mol. The highest BCUT2D eigenvalue weighted by molar-refractivity contribution is 5.84. The molecule has 0 aromatic heterocycles. The lowest BCUT2D eigenvalue weighted by atomic mass is 10.1. The van der Waals surface area contributed by atoms with E-state index in [2.05, 4.69) is 36.5 Å². The summed E-state index contributed by atoms with van der Waals surface area (Å²) < 4.78 is 5.43. The number of carbonyl (C=O) groups excluding carboxylic acids is 1. The molecule has 20 heavy (non-hydrogen) atoms. The summed E-state index contributed by atoms with van der Waals surface area (Å²) in [6.07, 6.45) is 1.05. The van der Waals surface area contributed by atoms with E-state index < -0.39 is 0 Å². The SMILES string of the molecule is Cc1cccc(C2NC(C)C(=O)N2CC2CCOC2)c1. The number of ether oxygens (including phenoxy) is 1. The van der Waals surface area contributed by atoms with E-state index in [1.54, 1.807) is 0 Å². The van der Waals surface area contributed by atoms with Crippen LogP contribution in [0.15, 0.2) is 24.3 Å². The van der Waals surface area contributed by atoms with Crippen molar-refractivity contribution in [2.24, 2.45) is 5.92 Å². The minimum atomic E-state index is -0.108. The molecule has 0 spiro atoms. The second kappa shape index (κ2) is 5.54. The fourth-order valence-electron chi connectivity index (χ4n) is 3.09. The molecule has 2 saturated heterocycles. The van der Waals surface area contributed by atoms with Crippen molar-refractivity contribution >= 4 is 5.91 Å². The van der Waals surface area contributed by atoms with Gasteiger partial charge in [0.1, 0.15) is 6.17 Å². The van der Waals surface area contributed by atoms with Crippen LogP contribution < -0.4 is 5.32 Å². The Balaban J connectivity index is 1.81. The molecule has 1 amide bonds. The van der Waals surface area contributed by atoms with Gasteiger partial charge in [0.15, 0.2) is 0 Å². The molecule has 0 radical (unpaired) electrons. The molecule has 108 valence electrons. The minimum Gasteiger partial charge on any atom is -0.381 e. The molecule has 1 N–H and O–H groups in total. The Morgan fingerprint density at radius 1 is 1.45 bits per heavy atom. The van der Waals surface area contributed by atoms with Crippen molar-refractivity contribution in [3.8, 4) is 0 Å². The van der Waals surface area contributed by atoms with Crippen LogP contribution >= 0.6 is 0 Å². The minimum absolute atomic E-state index is 0.00185. The molecule has 1 aromatic carbocycles. The Morgan fingerprint density at radius 3 is 3.00 bits per heavy atom. The van der Waals surface area contributed by atoms with Crippen molar-refractivity contribution in [3.63, 3.8) is 0 Å². The fraction of sp³-hybridized carbons (Fsp3) is 0.562. The summed E-state index contributed by atoms with van der Waals surface area (Å²) >= 11 is 0. The molecule has 0 bridgehead atoms. The van der Waals surface area contributed by atoms with Gasteiger partial charge in [0.2, 0.25) is 5.91 Å². The van der Waals surface area contributed by atoms with Gasteiger partial charge in [0.05, 0.1) is 12.6 Å². The lowest BCUT2D eigenvalue weighted by molar-refractivity contribution is -0.130. The first-order chi connectivity index (χ1) is 9.65. The number of hydrogen-bond acceptors (Lipinski definition) is 3. The summed E-state index contributed by atoms with van der Waals surface area (Å²) in [5.74, 6) is 0.668. The van der Waals surface area contributed by atoms with E-state index in [9.17, 15) is 4.79 Å². The molecule has 3 atom stereocenters. The first kappa shape index (κ1) is 13.6. The van der Waals surface area contributed by atoms with Crippen LogP contribution in [0.1, 0.15) is 30.6 Å². The lowest BCUT2D eigenvalue weighted by Gasteiger charge is -2.27. The molecule has 0 aliphatic carbocycles. The van der Waals surface area contributed by atoms with Gasteiger partial charge in [-0.15, -0.1) is 0 Å². The number of benzene rings is 1. The molecule has 0 saturated carbocycles. The summed E-state index contributed by atoms with van der Waals surface area (Å²) in [5.41, 5.74) is 2.39. The standard InChI is InChI=1S/C16H22N2O2/c1-11-4-3-5-14(8-11)15-17-12(2)16(19)18(15)9-13-6-7-20-10-13/h3-5,8,12-13,15,17H,6-7,9-10H2,1-2H3. The van der Waals surface area contributed by atoms with Gasteiger partial charge in [-0.2, -0.15) is 0 Å². The maximum Gasteiger partial charge on any atom is 0.241 e. The zero-order valence-electron chi connectivity index (χ0n) is 12.1. The third-order valence-electron chi connectivity index (χ3n) is 4.21. The van der Waals surface area contributed by atoms with Crippen LogP contribution in [0.2, 0.25) is 0 Å². The molecule has 3 rings (SSSR count). The van der Waals surface area contributed by atoms with Gasteiger partial charge in [-0.1, -0.05) is 29.8 Å². The summed E-state index contributed by atoms with van der Waals surface area (Å²) in [7, 11) is 0. The summed E-state index contributed by atoms with van der Waals surface area (Å²) in [4.78, 5) is 14.4. The van der Waals surface area contributed by atoms with Crippen LogP contribution in [0, 0.1) is 12.8 Å². The quantitative estimate of drug-likeness (QED) is 0.914. The van der Waals surface area contributed by atoms with Gasteiger partial charge < -0.3 is 9.64 Å². The first-order valence-corrected chi connectivity index (χ1v) is 7.36. The number of amides is 1. The number of aryl methyl sites for hydroxylation is 1. The van der Waals surface area contributed by atoms with E-state index in [1.807, 2.05) is 11.8 Å². The number of hydrogen-bond donors (Lipinski definition) is 1. The molecule has 2 aliphatic rings. The van der Waals surface area contributed by atoms with E-state index in [0.717, 1.165) is 26.2 Å². The molecule has 1 aromatic rings. The third-order valence-corrected chi connectivity index (χ3v) is 4.21. The van der Waals surface area contributed by atoms with E-state index >= 15 is 0 Å². The van der Waals surface area contributed by atoms with E-state index in [1.165, 1.54) is 11.1 Å². The zero-order valence-corrected chi connectivity index (χ0v) is 12.1. The second-order valence-corrected chi connectivity index (χ2v) is 5.93. The topological polar surface area (TPSA) is 41.6 Å². The molecular formula is C16H22N2O2. The first-order valence-electron chi connectivity index (χ1n) is 7.36.